The molecule has 1 aromatic rings. The van der Waals surface area contributed by atoms with Crippen molar-refractivity contribution in [1.82, 2.24) is 15.1 Å². The molecule has 1 fully saturated rings. The molecule has 1 aliphatic carbocycles. The van der Waals surface area contributed by atoms with Gasteiger partial charge < -0.3 is 5.32 Å². The minimum absolute atomic E-state index is 0.754. The molecule has 3 heteroatoms. The van der Waals surface area contributed by atoms with Crippen LogP contribution in [0.15, 0.2) is 12.4 Å². The number of nitrogens with one attached hydrogen (secondary N) is 1. The molecule has 0 saturated heterocycles. The van der Waals surface area contributed by atoms with E-state index < -0.39 is 0 Å². The van der Waals surface area contributed by atoms with Gasteiger partial charge in [0, 0.05) is 13.2 Å². The van der Waals surface area contributed by atoms with E-state index in [9.17, 15) is 0 Å². The average molecular weight is 291 g/mol. The summed E-state index contributed by atoms with van der Waals surface area (Å²) in [4.78, 5) is 0. The molecular formula is C18H33N3. The van der Waals surface area contributed by atoms with Crippen LogP contribution in [0, 0.1) is 17.8 Å². The second-order valence-electron chi connectivity index (χ2n) is 7.27. The fourth-order valence-corrected chi connectivity index (χ4v) is 3.62. The molecule has 1 saturated carbocycles. The van der Waals surface area contributed by atoms with Crippen molar-refractivity contribution in [3.05, 3.63) is 18.0 Å². The predicted molar refractivity (Wildman–Crippen MR) is 89.3 cm³/mol. The largest absolute Gasteiger partial charge is 0.316 e. The zero-order valence-electron chi connectivity index (χ0n) is 14.1. The molecular weight excluding hydrogens is 258 g/mol. The van der Waals surface area contributed by atoms with E-state index in [-0.39, 0.29) is 0 Å². The number of aryl methyl sites for hydroxylation is 2. The van der Waals surface area contributed by atoms with Crippen LogP contribution in [0.3, 0.4) is 0 Å². The normalized spacial score (nSPS) is 23.4. The monoisotopic (exact) mass is 291 g/mol. The second kappa shape index (κ2) is 8.57. The molecule has 2 rings (SSSR count). The molecule has 120 valence electrons. The van der Waals surface area contributed by atoms with Gasteiger partial charge in [0.05, 0.1) is 6.20 Å². The van der Waals surface area contributed by atoms with Crippen molar-refractivity contribution < 1.29 is 0 Å². The molecule has 2 unspecified atom stereocenters. The maximum atomic E-state index is 4.29. The lowest BCUT2D eigenvalue weighted by atomic mass is 9.83. The van der Waals surface area contributed by atoms with Gasteiger partial charge in [0.2, 0.25) is 0 Å². The van der Waals surface area contributed by atoms with E-state index in [4.69, 9.17) is 0 Å². The smallest absolute Gasteiger partial charge is 0.0521 e. The first-order valence-electron chi connectivity index (χ1n) is 8.83. The standard InChI is InChI=1S/C18H33N3/c1-15(2)11-19-13-18-8-6-4-5-7-17(18)10-9-16-12-20-21(3)14-16/h12,14-15,17-19H,4-11,13H2,1-3H3. The van der Waals surface area contributed by atoms with Gasteiger partial charge in [-0.15, -0.1) is 0 Å². The van der Waals surface area contributed by atoms with Crippen LogP contribution in [0.1, 0.15) is 57.9 Å². The van der Waals surface area contributed by atoms with Crippen molar-refractivity contribution in [1.29, 1.82) is 0 Å². The van der Waals surface area contributed by atoms with Gasteiger partial charge in [0.1, 0.15) is 0 Å². The zero-order chi connectivity index (χ0) is 15.1. The summed E-state index contributed by atoms with van der Waals surface area (Å²) in [5.41, 5.74) is 1.40. The Morgan fingerprint density at radius 1 is 1.24 bits per heavy atom. The van der Waals surface area contributed by atoms with Crippen molar-refractivity contribution in [2.45, 2.75) is 58.8 Å². The predicted octanol–water partition coefficient (Wildman–Crippen LogP) is 3.79. The van der Waals surface area contributed by atoms with Crippen LogP contribution in [-0.4, -0.2) is 22.9 Å². The molecule has 3 nitrogen and oxygen atoms in total. The highest BCUT2D eigenvalue weighted by Crippen LogP contribution is 2.31. The minimum Gasteiger partial charge on any atom is -0.316 e. The molecule has 0 aliphatic heterocycles. The number of nitrogens with zero attached hydrogens (tertiary/aromatic N) is 2. The Balaban J connectivity index is 1.82. The van der Waals surface area contributed by atoms with E-state index in [1.165, 1.54) is 57.1 Å². The van der Waals surface area contributed by atoms with Gasteiger partial charge in [-0.05, 0) is 55.7 Å². The highest BCUT2D eigenvalue weighted by molar-refractivity contribution is 5.03. The summed E-state index contributed by atoms with van der Waals surface area (Å²) in [6.07, 6.45) is 13.9. The van der Waals surface area contributed by atoms with Crippen LogP contribution in [0.4, 0.5) is 0 Å². The average Bonchev–Trinajstić information content (AvgIpc) is 2.72. The number of hydrogen-bond donors (Lipinski definition) is 1. The first-order valence-corrected chi connectivity index (χ1v) is 8.83. The molecule has 1 N–H and O–H groups in total. The third kappa shape index (κ3) is 5.82. The molecule has 21 heavy (non-hydrogen) atoms. The Morgan fingerprint density at radius 2 is 2.00 bits per heavy atom. The van der Waals surface area contributed by atoms with Crippen LogP contribution >= 0.6 is 0 Å². The van der Waals surface area contributed by atoms with E-state index in [0.29, 0.717) is 0 Å². The van der Waals surface area contributed by atoms with Crippen molar-refractivity contribution >= 4 is 0 Å². The number of hydrogen-bond acceptors (Lipinski definition) is 2. The fraction of sp³-hybridized carbons (Fsp3) is 0.833. The molecule has 1 aliphatic rings. The van der Waals surface area contributed by atoms with Gasteiger partial charge in [-0.2, -0.15) is 5.10 Å². The number of aromatic nitrogens is 2. The van der Waals surface area contributed by atoms with E-state index in [1.54, 1.807) is 0 Å². The molecule has 0 aromatic carbocycles. The first kappa shape index (κ1) is 16.5. The molecule has 0 bridgehead atoms. The Labute approximate surface area is 130 Å². The molecule has 2 atom stereocenters. The van der Waals surface area contributed by atoms with E-state index in [0.717, 1.165) is 24.3 Å². The summed E-state index contributed by atoms with van der Waals surface area (Å²) < 4.78 is 1.92. The lowest BCUT2D eigenvalue weighted by Gasteiger charge is -2.26. The SMILES string of the molecule is CC(C)CNCC1CCCCCC1CCc1cnn(C)c1. The van der Waals surface area contributed by atoms with Gasteiger partial charge in [-0.3, -0.25) is 4.68 Å². The Morgan fingerprint density at radius 3 is 2.67 bits per heavy atom. The van der Waals surface area contributed by atoms with Crippen LogP contribution in [0.2, 0.25) is 0 Å². The Hall–Kier alpha value is -0.830. The molecule has 1 aromatic heterocycles. The van der Waals surface area contributed by atoms with Gasteiger partial charge in [0.25, 0.3) is 0 Å². The van der Waals surface area contributed by atoms with Crippen molar-refractivity contribution in [3.8, 4) is 0 Å². The second-order valence-corrected chi connectivity index (χ2v) is 7.27. The van der Waals surface area contributed by atoms with E-state index in [2.05, 4.69) is 30.5 Å². The van der Waals surface area contributed by atoms with Crippen LogP contribution in [-0.2, 0) is 13.5 Å². The molecule has 0 spiro atoms. The van der Waals surface area contributed by atoms with Crippen LogP contribution in [0.25, 0.3) is 0 Å². The maximum Gasteiger partial charge on any atom is 0.0521 e. The quantitative estimate of drug-likeness (QED) is 0.775. The van der Waals surface area contributed by atoms with Crippen LogP contribution in [0.5, 0.6) is 0 Å². The van der Waals surface area contributed by atoms with E-state index >= 15 is 0 Å². The molecule has 0 amide bonds. The topological polar surface area (TPSA) is 29.9 Å². The summed E-state index contributed by atoms with van der Waals surface area (Å²) in [5, 5.41) is 7.99. The third-order valence-corrected chi connectivity index (χ3v) is 4.84. The summed E-state index contributed by atoms with van der Waals surface area (Å²) in [6.45, 7) is 6.96. The third-order valence-electron chi connectivity index (χ3n) is 4.84. The number of rotatable bonds is 7. The van der Waals surface area contributed by atoms with Gasteiger partial charge in [-0.1, -0.05) is 39.5 Å². The van der Waals surface area contributed by atoms with Gasteiger partial charge in [-0.25, -0.2) is 0 Å². The zero-order valence-corrected chi connectivity index (χ0v) is 14.1. The van der Waals surface area contributed by atoms with Crippen LogP contribution < -0.4 is 5.32 Å². The first-order chi connectivity index (χ1) is 10.1. The molecule has 0 radical (unpaired) electrons. The van der Waals surface area contributed by atoms with Gasteiger partial charge in [0.15, 0.2) is 0 Å². The van der Waals surface area contributed by atoms with Crippen molar-refractivity contribution in [3.63, 3.8) is 0 Å². The van der Waals surface area contributed by atoms with Crippen molar-refractivity contribution in [2.24, 2.45) is 24.8 Å². The van der Waals surface area contributed by atoms with Gasteiger partial charge >= 0.3 is 0 Å². The Kier molecular flexibility index (Phi) is 6.75. The summed E-state index contributed by atoms with van der Waals surface area (Å²) in [6, 6.07) is 0. The summed E-state index contributed by atoms with van der Waals surface area (Å²) >= 11 is 0. The molecule has 1 heterocycles. The minimum atomic E-state index is 0.754. The fourth-order valence-electron chi connectivity index (χ4n) is 3.62. The van der Waals surface area contributed by atoms with E-state index in [1.807, 2.05) is 17.9 Å². The lowest BCUT2D eigenvalue weighted by molar-refractivity contribution is 0.280. The van der Waals surface area contributed by atoms with Crippen molar-refractivity contribution in [2.75, 3.05) is 13.1 Å². The highest BCUT2D eigenvalue weighted by Gasteiger charge is 2.23. The summed E-state index contributed by atoms with van der Waals surface area (Å²) in [7, 11) is 2.01. The maximum absolute atomic E-state index is 4.29. The Bertz CT molecular complexity index is 397. The lowest BCUT2D eigenvalue weighted by Crippen LogP contribution is -2.30. The highest BCUT2D eigenvalue weighted by atomic mass is 15.2. The summed E-state index contributed by atoms with van der Waals surface area (Å²) in [5.74, 6) is 2.53.